The van der Waals surface area contributed by atoms with E-state index in [0.717, 1.165) is 26.2 Å². The molecule has 0 bridgehead atoms. The molecule has 124 valence electrons. The predicted octanol–water partition coefficient (Wildman–Crippen LogP) is 3.38. The third-order valence-corrected chi connectivity index (χ3v) is 4.90. The van der Waals surface area contributed by atoms with Gasteiger partial charge in [0.05, 0.1) is 5.75 Å². The van der Waals surface area contributed by atoms with Gasteiger partial charge in [0.25, 0.3) is 5.78 Å². The van der Waals surface area contributed by atoms with Crippen LogP contribution in [0.15, 0.2) is 29.4 Å². The molecule has 1 aromatic carbocycles. The Hall–Kier alpha value is -1.68. The first kappa shape index (κ1) is 17.2. The van der Waals surface area contributed by atoms with Crippen LogP contribution in [-0.2, 0) is 4.79 Å². The Labute approximate surface area is 157 Å². The molecule has 3 rings (SSSR count). The largest absolute Gasteiger partial charge is 0.325 e. The molecule has 6 nitrogen and oxygen atoms in total. The Morgan fingerprint density at radius 1 is 1.25 bits per heavy atom. The van der Waals surface area contributed by atoms with E-state index in [0.29, 0.717) is 10.9 Å². The molecule has 0 aliphatic rings. The van der Waals surface area contributed by atoms with Gasteiger partial charge in [0.15, 0.2) is 0 Å². The number of fused-ring (bicyclic) bond motifs is 1. The van der Waals surface area contributed by atoms with Crippen LogP contribution in [0.2, 0.25) is 0 Å². The monoisotopic (exact) mass is 453 g/mol. The molecule has 0 saturated heterocycles. The van der Waals surface area contributed by atoms with Gasteiger partial charge in [-0.15, -0.1) is 5.10 Å². The second kappa shape index (κ2) is 7.06. The SMILES string of the molecule is Cc1cc(C)n2nc(SCC(=O)Nc3ccc(I)cc3C)nc2n1. The van der Waals surface area contributed by atoms with E-state index in [-0.39, 0.29) is 11.7 Å². The molecular weight excluding hydrogens is 437 g/mol. The van der Waals surface area contributed by atoms with Gasteiger partial charge in [0.2, 0.25) is 11.1 Å². The predicted molar refractivity (Wildman–Crippen MR) is 104 cm³/mol. The van der Waals surface area contributed by atoms with Gasteiger partial charge in [-0.2, -0.15) is 4.98 Å². The molecular formula is C16H16IN5OS. The van der Waals surface area contributed by atoms with Crippen LogP contribution in [0, 0.1) is 24.3 Å². The smallest absolute Gasteiger partial charge is 0.253 e. The number of aryl methyl sites for hydroxylation is 3. The highest BCUT2D eigenvalue weighted by atomic mass is 127. The third kappa shape index (κ3) is 3.86. The molecule has 3 aromatic rings. The number of hydrogen-bond acceptors (Lipinski definition) is 5. The maximum Gasteiger partial charge on any atom is 0.253 e. The summed E-state index contributed by atoms with van der Waals surface area (Å²) in [6, 6.07) is 7.86. The minimum Gasteiger partial charge on any atom is -0.325 e. The lowest BCUT2D eigenvalue weighted by atomic mass is 10.2. The fourth-order valence-corrected chi connectivity index (χ4v) is 3.56. The van der Waals surface area contributed by atoms with Crippen LogP contribution in [-0.4, -0.2) is 31.2 Å². The Balaban J connectivity index is 1.67. The first-order valence-electron chi connectivity index (χ1n) is 7.32. The molecule has 24 heavy (non-hydrogen) atoms. The van der Waals surface area contributed by atoms with E-state index in [2.05, 4.69) is 43.0 Å². The van der Waals surface area contributed by atoms with Crippen molar-refractivity contribution in [2.75, 3.05) is 11.1 Å². The number of carbonyl (C=O) groups excluding carboxylic acids is 1. The summed E-state index contributed by atoms with van der Waals surface area (Å²) in [6.45, 7) is 5.85. The molecule has 0 aliphatic carbocycles. The molecule has 0 fully saturated rings. The second-order valence-electron chi connectivity index (χ2n) is 5.44. The van der Waals surface area contributed by atoms with Gasteiger partial charge in [-0.25, -0.2) is 9.50 Å². The summed E-state index contributed by atoms with van der Waals surface area (Å²) in [5.74, 6) is 0.730. The summed E-state index contributed by atoms with van der Waals surface area (Å²) in [6.07, 6.45) is 0. The molecule has 0 aliphatic heterocycles. The van der Waals surface area contributed by atoms with Crippen LogP contribution in [0.3, 0.4) is 0 Å². The minimum atomic E-state index is -0.0796. The average molecular weight is 453 g/mol. The number of hydrogen-bond donors (Lipinski definition) is 1. The molecule has 1 N–H and O–H groups in total. The number of aromatic nitrogens is 4. The number of amides is 1. The fourth-order valence-electron chi connectivity index (χ4n) is 2.29. The van der Waals surface area contributed by atoms with Crippen molar-refractivity contribution in [3.05, 3.63) is 44.8 Å². The summed E-state index contributed by atoms with van der Waals surface area (Å²) in [4.78, 5) is 20.9. The molecule has 0 radical (unpaired) electrons. The lowest BCUT2D eigenvalue weighted by molar-refractivity contribution is -0.113. The first-order chi connectivity index (χ1) is 11.4. The maximum atomic E-state index is 12.1. The van der Waals surface area contributed by atoms with Crippen molar-refractivity contribution in [2.45, 2.75) is 25.9 Å². The van der Waals surface area contributed by atoms with Gasteiger partial charge >= 0.3 is 0 Å². The third-order valence-electron chi connectivity index (χ3n) is 3.39. The molecule has 2 heterocycles. The Morgan fingerprint density at radius 2 is 2.04 bits per heavy atom. The van der Waals surface area contributed by atoms with Crippen molar-refractivity contribution in [1.29, 1.82) is 0 Å². The molecule has 0 saturated carbocycles. The zero-order chi connectivity index (χ0) is 17.3. The Kier molecular flexibility index (Phi) is 5.04. The number of anilines is 1. The van der Waals surface area contributed by atoms with E-state index >= 15 is 0 Å². The molecule has 2 aromatic heterocycles. The van der Waals surface area contributed by atoms with Crippen molar-refractivity contribution in [1.82, 2.24) is 19.6 Å². The summed E-state index contributed by atoms with van der Waals surface area (Å²) < 4.78 is 2.83. The van der Waals surface area contributed by atoms with Gasteiger partial charge < -0.3 is 5.32 Å². The normalized spacial score (nSPS) is 11.0. The lowest BCUT2D eigenvalue weighted by Crippen LogP contribution is -2.15. The number of carbonyl (C=O) groups is 1. The second-order valence-corrected chi connectivity index (χ2v) is 7.63. The number of halogens is 1. The van der Waals surface area contributed by atoms with Crippen LogP contribution in [0.5, 0.6) is 0 Å². The van der Waals surface area contributed by atoms with Crippen molar-refractivity contribution < 1.29 is 4.79 Å². The van der Waals surface area contributed by atoms with E-state index in [4.69, 9.17) is 0 Å². The highest BCUT2D eigenvalue weighted by Gasteiger charge is 2.11. The summed E-state index contributed by atoms with van der Waals surface area (Å²) in [5, 5.41) is 7.85. The van der Waals surface area contributed by atoms with Gasteiger partial charge in [0.1, 0.15) is 0 Å². The van der Waals surface area contributed by atoms with E-state index in [9.17, 15) is 4.79 Å². The zero-order valence-electron chi connectivity index (χ0n) is 13.5. The van der Waals surface area contributed by atoms with E-state index in [1.54, 1.807) is 4.52 Å². The fraction of sp³-hybridized carbons (Fsp3) is 0.250. The maximum absolute atomic E-state index is 12.1. The van der Waals surface area contributed by atoms with Crippen molar-refractivity contribution in [3.63, 3.8) is 0 Å². The molecule has 0 unspecified atom stereocenters. The molecule has 1 amide bonds. The van der Waals surface area contributed by atoms with Crippen LogP contribution in [0.25, 0.3) is 5.78 Å². The van der Waals surface area contributed by atoms with Crippen molar-refractivity contribution in [2.24, 2.45) is 0 Å². The quantitative estimate of drug-likeness (QED) is 0.485. The molecule has 0 spiro atoms. The summed E-state index contributed by atoms with van der Waals surface area (Å²) in [7, 11) is 0. The van der Waals surface area contributed by atoms with Crippen LogP contribution >= 0.6 is 34.4 Å². The van der Waals surface area contributed by atoms with Crippen molar-refractivity contribution in [3.8, 4) is 0 Å². The molecule has 8 heteroatoms. The Bertz CT molecular complexity index is 924. The van der Waals surface area contributed by atoms with Crippen molar-refractivity contribution >= 4 is 51.7 Å². The number of thioether (sulfide) groups is 1. The van der Waals surface area contributed by atoms with Gasteiger partial charge in [-0.05, 0) is 73.2 Å². The van der Waals surface area contributed by atoms with Gasteiger partial charge in [-0.1, -0.05) is 11.8 Å². The number of nitrogens with zero attached hydrogens (tertiary/aromatic N) is 4. The minimum absolute atomic E-state index is 0.0796. The van der Waals surface area contributed by atoms with E-state index in [1.165, 1.54) is 11.8 Å². The van der Waals surface area contributed by atoms with E-state index < -0.39 is 0 Å². The van der Waals surface area contributed by atoms with Gasteiger partial charge in [-0.3, -0.25) is 4.79 Å². The Morgan fingerprint density at radius 3 is 2.79 bits per heavy atom. The number of nitrogens with one attached hydrogen (secondary N) is 1. The first-order valence-corrected chi connectivity index (χ1v) is 9.38. The summed E-state index contributed by atoms with van der Waals surface area (Å²) >= 11 is 3.55. The van der Waals surface area contributed by atoms with Gasteiger partial charge in [0, 0.05) is 20.6 Å². The topological polar surface area (TPSA) is 72.2 Å². The zero-order valence-corrected chi connectivity index (χ0v) is 16.5. The lowest BCUT2D eigenvalue weighted by Gasteiger charge is -2.07. The van der Waals surface area contributed by atoms with Crippen LogP contribution in [0.1, 0.15) is 17.0 Å². The highest BCUT2D eigenvalue weighted by Crippen LogP contribution is 2.19. The standard InChI is InChI=1S/C16H16IN5OS/c1-9-6-12(17)4-5-13(9)19-14(23)8-24-16-20-15-18-10(2)7-11(3)22(15)21-16/h4-7H,8H2,1-3H3,(H,19,23). The summed E-state index contributed by atoms with van der Waals surface area (Å²) in [5.41, 5.74) is 3.74. The molecule has 0 atom stereocenters. The average Bonchev–Trinajstić information content (AvgIpc) is 2.91. The van der Waals surface area contributed by atoms with Crippen LogP contribution < -0.4 is 5.32 Å². The van der Waals surface area contributed by atoms with Crippen LogP contribution in [0.4, 0.5) is 5.69 Å². The number of benzene rings is 1. The van der Waals surface area contributed by atoms with E-state index in [1.807, 2.05) is 45.0 Å². The number of rotatable bonds is 4. The highest BCUT2D eigenvalue weighted by molar-refractivity contribution is 14.1.